The van der Waals surface area contributed by atoms with Crippen LogP contribution in [-0.2, 0) is 0 Å². The Morgan fingerprint density at radius 1 is 1.80 bits per heavy atom. The summed E-state index contributed by atoms with van der Waals surface area (Å²) in [5.41, 5.74) is 1.75. The zero-order valence-corrected chi connectivity index (χ0v) is 6.37. The molecular formula is C8H6OS. The second-order valence-electron chi connectivity index (χ2n) is 1.90. The van der Waals surface area contributed by atoms with Crippen LogP contribution in [-0.4, -0.2) is 6.29 Å². The Hall–Kier alpha value is -1.07. The van der Waals surface area contributed by atoms with Crippen LogP contribution in [0.4, 0.5) is 0 Å². The Morgan fingerprint density at radius 2 is 2.50 bits per heavy atom. The summed E-state index contributed by atoms with van der Waals surface area (Å²) >= 11 is 1.39. The second-order valence-corrected chi connectivity index (χ2v) is 2.81. The van der Waals surface area contributed by atoms with Crippen LogP contribution in [0, 0.1) is 19.3 Å². The number of carbonyl (C=O) groups excluding carboxylic acids is 1. The molecule has 2 heteroatoms. The molecule has 0 radical (unpaired) electrons. The molecular weight excluding hydrogens is 144 g/mol. The first kappa shape index (κ1) is 7.04. The van der Waals surface area contributed by atoms with E-state index in [4.69, 9.17) is 6.42 Å². The zero-order chi connectivity index (χ0) is 7.56. The second kappa shape index (κ2) is 2.68. The normalized spacial score (nSPS) is 8.80. The van der Waals surface area contributed by atoms with Crippen LogP contribution in [0.5, 0.6) is 0 Å². The fraction of sp³-hybridized carbons (Fsp3) is 0.125. The lowest BCUT2D eigenvalue weighted by Crippen LogP contribution is -1.78. The SMILES string of the molecule is C#Cc1csc(C=O)c1C. The van der Waals surface area contributed by atoms with Crippen molar-refractivity contribution in [3.05, 3.63) is 21.4 Å². The Morgan fingerprint density at radius 3 is 2.80 bits per heavy atom. The summed E-state index contributed by atoms with van der Waals surface area (Å²) in [7, 11) is 0. The lowest BCUT2D eigenvalue weighted by atomic mass is 10.2. The Labute approximate surface area is 63.7 Å². The minimum atomic E-state index is 0.730. The summed E-state index contributed by atoms with van der Waals surface area (Å²) in [6.45, 7) is 1.86. The monoisotopic (exact) mass is 150 g/mol. The molecule has 0 saturated carbocycles. The quantitative estimate of drug-likeness (QED) is 0.441. The maximum absolute atomic E-state index is 10.3. The lowest BCUT2D eigenvalue weighted by molar-refractivity contribution is 0.112. The number of hydrogen-bond donors (Lipinski definition) is 0. The van der Waals surface area contributed by atoms with Gasteiger partial charge in [0.15, 0.2) is 6.29 Å². The molecule has 0 saturated heterocycles. The molecule has 50 valence electrons. The van der Waals surface area contributed by atoms with Crippen molar-refractivity contribution in [3.63, 3.8) is 0 Å². The maximum atomic E-state index is 10.3. The van der Waals surface area contributed by atoms with Gasteiger partial charge in [-0.25, -0.2) is 0 Å². The standard InChI is InChI=1S/C8H6OS/c1-3-7-5-10-8(4-9)6(7)2/h1,4-5H,2H3. The highest BCUT2D eigenvalue weighted by Crippen LogP contribution is 2.18. The Balaban J connectivity index is 3.24. The van der Waals surface area contributed by atoms with E-state index in [0.717, 1.165) is 22.3 Å². The minimum absolute atomic E-state index is 0.730. The van der Waals surface area contributed by atoms with Crippen molar-refractivity contribution in [1.82, 2.24) is 0 Å². The molecule has 1 rings (SSSR count). The molecule has 0 amide bonds. The summed E-state index contributed by atoms with van der Waals surface area (Å²) in [6.07, 6.45) is 5.99. The largest absolute Gasteiger partial charge is 0.297 e. The van der Waals surface area contributed by atoms with Gasteiger partial charge in [-0.15, -0.1) is 17.8 Å². The van der Waals surface area contributed by atoms with Crippen LogP contribution in [0.15, 0.2) is 5.38 Å². The molecule has 0 fully saturated rings. The van der Waals surface area contributed by atoms with Gasteiger partial charge in [-0.1, -0.05) is 5.92 Å². The van der Waals surface area contributed by atoms with Crippen molar-refractivity contribution >= 4 is 17.6 Å². The molecule has 0 aliphatic carbocycles. The zero-order valence-electron chi connectivity index (χ0n) is 5.55. The highest BCUT2D eigenvalue weighted by atomic mass is 32.1. The van der Waals surface area contributed by atoms with E-state index in [0.29, 0.717) is 0 Å². The van der Waals surface area contributed by atoms with E-state index >= 15 is 0 Å². The molecule has 1 aromatic rings. The maximum Gasteiger partial charge on any atom is 0.160 e. The van der Waals surface area contributed by atoms with Crippen LogP contribution in [0.3, 0.4) is 0 Å². The van der Waals surface area contributed by atoms with E-state index in [-0.39, 0.29) is 0 Å². The number of rotatable bonds is 1. The third-order valence-electron chi connectivity index (χ3n) is 1.34. The summed E-state index contributed by atoms with van der Waals surface area (Å²) < 4.78 is 0. The molecule has 0 unspecified atom stereocenters. The number of terminal acetylenes is 1. The molecule has 0 N–H and O–H groups in total. The van der Waals surface area contributed by atoms with Gasteiger partial charge in [0, 0.05) is 10.9 Å². The average Bonchev–Trinajstić information content (AvgIpc) is 2.30. The Kier molecular flexibility index (Phi) is 1.88. The molecule has 0 aliphatic rings. The topological polar surface area (TPSA) is 17.1 Å². The molecule has 1 aromatic heterocycles. The molecule has 1 heterocycles. The third kappa shape index (κ3) is 0.960. The van der Waals surface area contributed by atoms with E-state index in [1.807, 2.05) is 12.3 Å². The predicted molar refractivity (Wildman–Crippen MR) is 42.4 cm³/mol. The number of carbonyl (C=O) groups is 1. The number of thiophene rings is 1. The summed E-state index contributed by atoms with van der Waals surface area (Å²) in [5.74, 6) is 2.50. The van der Waals surface area contributed by atoms with E-state index in [1.54, 1.807) is 0 Å². The first-order valence-corrected chi connectivity index (χ1v) is 3.67. The third-order valence-corrected chi connectivity index (χ3v) is 2.35. The van der Waals surface area contributed by atoms with Crippen molar-refractivity contribution in [2.75, 3.05) is 0 Å². The minimum Gasteiger partial charge on any atom is -0.297 e. The van der Waals surface area contributed by atoms with Crippen LogP contribution < -0.4 is 0 Å². The average molecular weight is 150 g/mol. The first-order chi connectivity index (χ1) is 4.79. The van der Waals surface area contributed by atoms with Crippen LogP contribution >= 0.6 is 11.3 Å². The highest BCUT2D eigenvalue weighted by Gasteiger charge is 2.02. The van der Waals surface area contributed by atoms with Crippen molar-refractivity contribution in [2.45, 2.75) is 6.92 Å². The summed E-state index contributed by atoms with van der Waals surface area (Å²) in [4.78, 5) is 11.0. The van der Waals surface area contributed by atoms with Crippen molar-refractivity contribution in [1.29, 1.82) is 0 Å². The van der Waals surface area contributed by atoms with Crippen molar-refractivity contribution in [2.24, 2.45) is 0 Å². The predicted octanol–water partition coefficient (Wildman–Crippen LogP) is 1.85. The van der Waals surface area contributed by atoms with Crippen molar-refractivity contribution < 1.29 is 4.79 Å². The van der Waals surface area contributed by atoms with Crippen LogP contribution in [0.2, 0.25) is 0 Å². The van der Waals surface area contributed by atoms with Gasteiger partial charge in [0.05, 0.1) is 4.88 Å². The summed E-state index contributed by atoms with van der Waals surface area (Å²) in [6, 6.07) is 0. The molecule has 0 spiro atoms. The fourth-order valence-electron chi connectivity index (χ4n) is 0.690. The van der Waals surface area contributed by atoms with Crippen LogP contribution in [0.1, 0.15) is 20.8 Å². The summed E-state index contributed by atoms with van der Waals surface area (Å²) in [5, 5.41) is 1.82. The van der Waals surface area contributed by atoms with Gasteiger partial charge in [-0.3, -0.25) is 4.79 Å². The first-order valence-electron chi connectivity index (χ1n) is 2.79. The van der Waals surface area contributed by atoms with Gasteiger partial charge in [0.2, 0.25) is 0 Å². The molecule has 0 atom stereocenters. The van der Waals surface area contributed by atoms with E-state index in [2.05, 4.69) is 5.92 Å². The van der Waals surface area contributed by atoms with Gasteiger partial charge in [0.1, 0.15) is 0 Å². The van der Waals surface area contributed by atoms with Gasteiger partial charge in [-0.05, 0) is 12.5 Å². The van der Waals surface area contributed by atoms with E-state index in [9.17, 15) is 4.79 Å². The molecule has 10 heavy (non-hydrogen) atoms. The number of aldehydes is 1. The van der Waals surface area contributed by atoms with Gasteiger partial charge < -0.3 is 0 Å². The molecule has 0 aliphatic heterocycles. The van der Waals surface area contributed by atoms with Gasteiger partial charge in [0.25, 0.3) is 0 Å². The lowest BCUT2D eigenvalue weighted by Gasteiger charge is -1.85. The number of hydrogen-bond acceptors (Lipinski definition) is 2. The van der Waals surface area contributed by atoms with Gasteiger partial charge >= 0.3 is 0 Å². The molecule has 1 nitrogen and oxygen atoms in total. The van der Waals surface area contributed by atoms with Crippen molar-refractivity contribution in [3.8, 4) is 12.3 Å². The Bertz CT molecular complexity index is 291. The van der Waals surface area contributed by atoms with E-state index < -0.39 is 0 Å². The van der Waals surface area contributed by atoms with Gasteiger partial charge in [-0.2, -0.15) is 0 Å². The molecule has 0 aromatic carbocycles. The van der Waals surface area contributed by atoms with E-state index in [1.165, 1.54) is 11.3 Å². The van der Waals surface area contributed by atoms with Crippen LogP contribution in [0.25, 0.3) is 0 Å². The highest BCUT2D eigenvalue weighted by molar-refractivity contribution is 7.12. The smallest absolute Gasteiger partial charge is 0.160 e. The molecule has 0 bridgehead atoms. The fourth-order valence-corrected chi connectivity index (χ4v) is 1.52.